The highest BCUT2D eigenvalue weighted by Crippen LogP contribution is 2.43. The van der Waals surface area contributed by atoms with Gasteiger partial charge in [0, 0.05) is 16.7 Å². The number of benzene rings is 2. The summed E-state index contributed by atoms with van der Waals surface area (Å²) in [6.45, 7) is 2.18. The van der Waals surface area contributed by atoms with Crippen LogP contribution in [0.2, 0.25) is 0 Å². The summed E-state index contributed by atoms with van der Waals surface area (Å²) >= 11 is 0. The molecule has 1 aliphatic carbocycles. The lowest BCUT2D eigenvalue weighted by Crippen LogP contribution is -2.23. The molecule has 1 unspecified atom stereocenters. The Labute approximate surface area is 178 Å². The number of unbranched alkanes of at least 4 members (excludes halogenated alkanes) is 5. The molecule has 3 rings (SSSR count). The van der Waals surface area contributed by atoms with Crippen molar-refractivity contribution in [3.05, 3.63) is 58.1 Å². The third-order valence-corrected chi connectivity index (χ3v) is 5.76. The standard InChI is InChI=1S/C25H30O5/c1-4-5-6-7-8-9-14-19(26)18-15-20(29-2)21-22(25(18)30-3)24(28)17-13-11-10-12-16(17)23(21)27/h10-13,15,19,26H,4-9,14H2,1-3H3. The lowest BCUT2D eigenvalue weighted by Gasteiger charge is -2.25. The van der Waals surface area contributed by atoms with Crippen LogP contribution in [-0.2, 0) is 0 Å². The molecule has 1 atom stereocenters. The SMILES string of the molecule is CCCCCCCCC(O)c1cc(OC)c2c(c1OC)C(=O)c1ccccc1C2=O. The molecule has 0 radical (unpaired) electrons. The lowest BCUT2D eigenvalue weighted by molar-refractivity contribution is 0.0972. The number of rotatable bonds is 10. The number of ether oxygens (including phenoxy) is 2. The van der Waals surface area contributed by atoms with Gasteiger partial charge in [0.2, 0.25) is 0 Å². The van der Waals surface area contributed by atoms with E-state index in [1.807, 2.05) is 0 Å². The first-order valence-electron chi connectivity index (χ1n) is 10.7. The van der Waals surface area contributed by atoms with Crippen molar-refractivity contribution in [3.8, 4) is 11.5 Å². The molecule has 2 aromatic rings. The molecule has 0 saturated heterocycles. The van der Waals surface area contributed by atoms with E-state index in [0.29, 0.717) is 23.1 Å². The summed E-state index contributed by atoms with van der Waals surface area (Å²) < 4.78 is 11.0. The molecule has 0 saturated carbocycles. The number of carbonyl (C=O) groups is 2. The van der Waals surface area contributed by atoms with E-state index in [2.05, 4.69) is 6.92 Å². The van der Waals surface area contributed by atoms with Gasteiger partial charge in [0.15, 0.2) is 11.6 Å². The van der Waals surface area contributed by atoms with Gasteiger partial charge in [-0.1, -0.05) is 69.7 Å². The van der Waals surface area contributed by atoms with Gasteiger partial charge < -0.3 is 14.6 Å². The fraction of sp³-hybridized carbons (Fsp3) is 0.440. The summed E-state index contributed by atoms with van der Waals surface area (Å²) in [6.07, 6.45) is 6.47. The molecule has 0 amide bonds. The van der Waals surface area contributed by atoms with E-state index in [1.54, 1.807) is 30.3 Å². The minimum absolute atomic E-state index is 0.178. The molecule has 0 heterocycles. The van der Waals surface area contributed by atoms with Gasteiger partial charge in [-0.25, -0.2) is 0 Å². The van der Waals surface area contributed by atoms with E-state index in [0.717, 1.165) is 19.3 Å². The fourth-order valence-electron chi connectivity index (χ4n) is 4.15. The molecule has 0 aromatic heterocycles. The average molecular weight is 411 g/mol. The second-order valence-corrected chi connectivity index (χ2v) is 7.73. The van der Waals surface area contributed by atoms with Gasteiger partial charge in [-0.05, 0) is 12.5 Å². The second-order valence-electron chi connectivity index (χ2n) is 7.73. The Bertz CT molecular complexity index is 931. The first-order chi connectivity index (χ1) is 14.5. The third kappa shape index (κ3) is 4.12. The molecule has 1 aliphatic rings. The van der Waals surface area contributed by atoms with Crippen molar-refractivity contribution < 1.29 is 24.2 Å². The molecule has 0 bridgehead atoms. The number of carbonyl (C=O) groups excluding carboxylic acids is 2. The average Bonchev–Trinajstić information content (AvgIpc) is 2.78. The number of ketones is 2. The Kier molecular flexibility index (Phi) is 7.27. The maximum Gasteiger partial charge on any atom is 0.198 e. The minimum atomic E-state index is -0.801. The normalized spacial score (nSPS) is 13.6. The predicted molar refractivity (Wildman–Crippen MR) is 116 cm³/mol. The Morgan fingerprint density at radius 2 is 1.47 bits per heavy atom. The van der Waals surface area contributed by atoms with E-state index < -0.39 is 6.10 Å². The van der Waals surface area contributed by atoms with Gasteiger partial charge in [0.05, 0.1) is 31.5 Å². The first kappa shape index (κ1) is 22.0. The van der Waals surface area contributed by atoms with Crippen molar-refractivity contribution in [3.63, 3.8) is 0 Å². The summed E-state index contributed by atoms with van der Waals surface area (Å²) in [4.78, 5) is 26.4. The van der Waals surface area contributed by atoms with Crippen LogP contribution in [0.25, 0.3) is 0 Å². The van der Waals surface area contributed by atoms with Gasteiger partial charge in [0.25, 0.3) is 0 Å². The van der Waals surface area contributed by atoms with Gasteiger partial charge in [-0.3, -0.25) is 9.59 Å². The van der Waals surface area contributed by atoms with Crippen LogP contribution in [0.5, 0.6) is 11.5 Å². The molecule has 0 aliphatic heterocycles. The summed E-state index contributed by atoms with van der Waals surface area (Å²) in [6, 6.07) is 8.39. The van der Waals surface area contributed by atoms with Gasteiger partial charge in [0.1, 0.15) is 11.5 Å². The maximum atomic E-state index is 13.3. The van der Waals surface area contributed by atoms with Crippen LogP contribution in [0.4, 0.5) is 0 Å². The van der Waals surface area contributed by atoms with Crippen LogP contribution in [0.15, 0.2) is 30.3 Å². The van der Waals surface area contributed by atoms with Crippen molar-refractivity contribution in [2.45, 2.75) is 58.0 Å². The molecule has 1 N–H and O–H groups in total. The monoisotopic (exact) mass is 410 g/mol. The predicted octanol–water partition coefficient (Wildman–Crippen LogP) is 5.26. The smallest absolute Gasteiger partial charge is 0.198 e. The number of aliphatic hydroxyl groups excluding tert-OH is 1. The lowest BCUT2D eigenvalue weighted by atomic mass is 9.81. The van der Waals surface area contributed by atoms with Crippen LogP contribution in [-0.4, -0.2) is 30.9 Å². The summed E-state index contributed by atoms with van der Waals surface area (Å²) in [5, 5.41) is 10.9. The number of methoxy groups -OCH3 is 2. The van der Waals surface area contributed by atoms with E-state index in [-0.39, 0.29) is 34.2 Å². The van der Waals surface area contributed by atoms with E-state index in [1.165, 1.54) is 33.5 Å². The summed E-state index contributed by atoms with van der Waals surface area (Å²) in [7, 11) is 2.92. The highest BCUT2D eigenvalue weighted by atomic mass is 16.5. The van der Waals surface area contributed by atoms with Crippen molar-refractivity contribution in [1.82, 2.24) is 0 Å². The Balaban J connectivity index is 1.95. The molecule has 2 aromatic carbocycles. The number of hydrogen-bond donors (Lipinski definition) is 1. The molecular weight excluding hydrogens is 380 g/mol. The van der Waals surface area contributed by atoms with Crippen LogP contribution >= 0.6 is 0 Å². The molecule has 160 valence electrons. The van der Waals surface area contributed by atoms with Crippen LogP contribution in [0.3, 0.4) is 0 Å². The minimum Gasteiger partial charge on any atom is -0.496 e. The zero-order valence-corrected chi connectivity index (χ0v) is 18.0. The summed E-state index contributed by atoms with van der Waals surface area (Å²) in [5.41, 5.74) is 1.57. The van der Waals surface area contributed by atoms with Crippen molar-refractivity contribution in [2.75, 3.05) is 14.2 Å². The topological polar surface area (TPSA) is 72.8 Å². The molecule has 5 nitrogen and oxygen atoms in total. The molecule has 30 heavy (non-hydrogen) atoms. The second kappa shape index (κ2) is 9.90. The molecule has 5 heteroatoms. The van der Waals surface area contributed by atoms with Gasteiger partial charge in [-0.15, -0.1) is 0 Å². The Hall–Kier alpha value is -2.66. The zero-order chi connectivity index (χ0) is 21.7. The number of aliphatic hydroxyl groups is 1. The third-order valence-electron chi connectivity index (χ3n) is 5.76. The molecular formula is C25H30O5. The number of hydrogen-bond acceptors (Lipinski definition) is 5. The van der Waals surface area contributed by atoms with Crippen LogP contribution in [0.1, 0.15) is 95.4 Å². The van der Waals surface area contributed by atoms with Crippen LogP contribution in [0, 0.1) is 0 Å². The van der Waals surface area contributed by atoms with Crippen molar-refractivity contribution in [1.29, 1.82) is 0 Å². The molecule has 0 spiro atoms. The first-order valence-corrected chi connectivity index (χ1v) is 10.7. The highest BCUT2D eigenvalue weighted by molar-refractivity contribution is 6.30. The van der Waals surface area contributed by atoms with Gasteiger partial charge in [-0.2, -0.15) is 0 Å². The maximum absolute atomic E-state index is 13.3. The number of fused-ring (bicyclic) bond motifs is 2. The highest BCUT2D eigenvalue weighted by Gasteiger charge is 2.37. The Morgan fingerprint density at radius 1 is 0.867 bits per heavy atom. The van der Waals surface area contributed by atoms with Crippen molar-refractivity contribution in [2.24, 2.45) is 0 Å². The Morgan fingerprint density at radius 3 is 2.07 bits per heavy atom. The summed E-state index contributed by atoms with van der Waals surface area (Å²) in [5.74, 6) is -0.0101. The van der Waals surface area contributed by atoms with Gasteiger partial charge >= 0.3 is 0 Å². The fourth-order valence-corrected chi connectivity index (χ4v) is 4.15. The van der Waals surface area contributed by atoms with Crippen LogP contribution < -0.4 is 9.47 Å². The van der Waals surface area contributed by atoms with E-state index in [9.17, 15) is 14.7 Å². The van der Waals surface area contributed by atoms with E-state index in [4.69, 9.17) is 9.47 Å². The zero-order valence-electron chi connectivity index (χ0n) is 18.0. The molecule has 0 fully saturated rings. The largest absolute Gasteiger partial charge is 0.496 e. The van der Waals surface area contributed by atoms with E-state index >= 15 is 0 Å². The van der Waals surface area contributed by atoms with Crippen molar-refractivity contribution >= 4 is 11.6 Å². The quantitative estimate of drug-likeness (QED) is 0.461.